The second kappa shape index (κ2) is 10.4. The molecule has 3 aromatic carbocycles. The van der Waals surface area contributed by atoms with Crippen molar-refractivity contribution in [3.63, 3.8) is 0 Å². The van der Waals surface area contributed by atoms with Crippen molar-refractivity contribution < 1.29 is 23.8 Å². The van der Waals surface area contributed by atoms with Crippen LogP contribution in [-0.4, -0.2) is 32.1 Å². The number of hydrazine groups is 1. The van der Waals surface area contributed by atoms with Gasteiger partial charge >= 0.3 is 0 Å². The Hall–Kier alpha value is -3.78. The van der Waals surface area contributed by atoms with E-state index in [0.717, 1.165) is 11.3 Å². The predicted molar refractivity (Wildman–Crippen MR) is 133 cm³/mol. The molecule has 0 aromatic heterocycles. The van der Waals surface area contributed by atoms with Gasteiger partial charge in [0.15, 0.2) is 11.5 Å². The number of aryl methyl sites for hydroxylation is 1. The summed E-state index contributed by atoms with van der Waals surface area (Å²) >= 11 is 3.50. The maximum absolute atomic E-state index is 12.8. The highest BCUT2D eigenvalue weighted by atomic mass is 79.9. The van der Waals surface area contributed by atoms with E-state index >= 15 is 0 Å². The number of nitrogens with zero attached hydrogens (tertiary/aromatic N) is 1. The topological polar surface area (TPSA) is 77.1 Å². The highest BCUT2D eigenvalue weighted by Gasteiger charge is 2.34. The number of para-hydroxylation sites is 1. The molecule has 1 aliphatic heterocycles. The number of ether oxygens (including phenoxy) is 3. The lowest BCUT2D eigenvalue weighted by Crippen LogP contribution is -2.35. The van der Waals surface area contributed by atoms with Gasteiger partial charge in [-0.1, -0.05) is 35.9 Å². The van der Waals surface area contributed by atoms with Crippen molar-refractivity contribution in [3.8, 4) is 17.2 Å². The molecule has 0 spiro atoms. The Morgan fingerprint density at radius 1 is 0.971 bits per heavy atom. The van der Waals surface area contributed by atoms with Gasteiger partial charge < -0.3 is 14.2 Å². The second-order valence-electron chi connectivity index (χ2n) is 7.52. The first kappa shape index (κ1) is 23.4. The molecule has 1 aliphatic rings. The average Bonchev–Trinajstić information content (AvgIpc) is 3.12. The molecule has 1 N–H and O–H groups in total. The summed E-state index contributed by atoms with van der Waals surface area (Å²) in [4.78, 5) is 25.3. The van der Waals surface area contributed by atoms with E-state index < -0.39 is 11.8 Å². The van der Waals surface area contributed by atoms with Crippen LogP contribution in [-0.2, 0) is 9.59 Å². The zero-order chi connectivity index (χ0) is 24.1. The van der Waals surface area contributed by atoms with Gasteiger partial charge in [0.05, 0.1) is 17.3 Å². The predicted octanol–water partition coefficient (Wildman–Crippen LogP) is 4.69. The average molecular weight is 523 g/mol. The lowest BCUT2D eigenvalue weighted by molar-refractivity contribution is -0.117. The minimum absolute atomic E-state index is 0.0259. The second-order valence-corrected chi connectivity index (χ2v) is 8.37. The zero-order valence-corrected chi connectivity index (χ0v) is 20.3. The lowest BCUT2D eigenvalue weighted by Gasteiger charge is -2.14. The van der Waals surface area contributed by atoms with Gasteiger partial charge in [0, 0.05) is 0 Å². The first-order chi connectivity index (χ1) is 16.5. The number of rotatable bonds is 8. The van der Waals surface area contributed by atoms with E-state index in [2.05, 4.69) is 21.4 Å². The van der Waals surface area contributed by atoms with Crippen LogP contribution in [0, 0.1) is 6.92 Å². The van der Waals surface area contributed by atoms with Gasteiger partial charge in [-0.3, -0.25) is 15.0 Å². The Balaban J connectivity index is 1.47. The number of anilines is 1. The molecular formula is C26H23BrN2O5. The number of hydrogen-bond donors (Lipinski definition) is 1. The summed E-state index contributed by atoms with van der Waals surface area (Å²) in [6.07, 6.45) is 1.53. The molecule has 0 bridgehead atoms. The molecule has 8 heteroatoms. The molecule has 4 rings (SSSR count). The molecular weight excluding hydrogens is 500 g/mol. The normalized spacial score (nSPS) is 14.3. The van der Waals surface area contributed by atoms with Crippen LogP contribution in [0.25, 0.3) is 6.08 Å². The van der Waals surface area contributed by atoms with Crippen LogP contribution >= 0.6 is 15.9 Å². The van der Waals surface area contributed by atoms with Gasteiger partial charge in [-0.05, 0) is 70.9 Å². The van der Waals surface area contributed by atoms with Crippen molar-refractivity contribution in [2.75, 3.05) is 25.3 Å². The van der Waals surface area contributed by atoms with E-state index in [1.54, 1.807) is 36.4 Å². The largest absolute Gasteiger partial charge is 0.493 e. The molecule has 174 valence electrons. The fraction of sp³-hybridized carbons (Fsp3) is 0.154. The molecule has 1 fully saturated rings. The fourth-order valence-electron chi connectivity index (χ4n) is 3.38. The number of carbonyl (C=O) groups excluding carboxylic acids is 2. The first-order valence-electron chi connectivity index (χ1n) is 10.6. The molecule has 34 heavy (non-hydrogen) atoms. The third-order valence-corrected chi connectivity index (χ3v) is 5.68. The fourth-order valence-corrected chi connectivity index (χ4v) is 3.96. The van der Waals surface area contributed by atoms with Crippen molar-refractivity contribution >= 4 is 39.5 Å². The molecule has 0 atom stereocenters. The van der Waals surface area contributed by atoms with Crippen LogP contribution in [0.15, 0.2) is 76.8 Å². The van der Waals surface area contributed by atoms with Gasteiger partial charge in [-0.25, -0.2) is 5.01 Å². The van der Waals surface area contributed by atoms with Crippen molar-refractivity contribution in [2.24, 2.45) is 0 Å². The maximum atomic E-state index is 12.8. The van der Waals surface area contributed by atoms with Crippen LogP contribution in [0.1, 0.15) is 11.1 Å². The Kier molecular flexibility index (Phi) is 7.18. The van der Waals surface area contributed by atoms with Gasteiger partial charge in [0.2, 0.25) is 0 Å². The van der Waals surface area contributed by atoms with Crippen LogP contribution in [0.2, 0.25) is 0 Å². The number of amides is 2. The van der Waals surface area contributed by atoms with Crippen LogP contribution < -0.4 is 24.6 Å². The van der Waals surface area contributed by atoms with E-state index in [1.807, 2.05) is 37.3 Å². The Morgan fingerprint density at radius 3 is 2.38 bits per heavy atom. The SMILES string of the molecule is COc1cc(C=C2C(=O)NN(c3ccccc3)C2=O)cc(Br)c1OCCOc1ccc(C)cc1. The summed E-state index contributed by atoms with van der Waals surface area (Å²) in [7, 11) is 1.53. The van der Waals surface area contributed by atoms with Crippen LogP contribution in [0.4, 0.5) is 5.69 Å². The van der Waals surface area contributed by atoms with Crippen molar-refractivity contribution in [1.29, 1.82) is 0 Å². The quantitative estimate of drug-likeness (QED) is 0.264. The summed E-state index contributed by atoms with van der Waals surface area (Å²) in [5, 5.41) is 1.23. The first-order valence-corrected chi connectivity index (χ1v) is 11.4. The van der Waals surface area contributed by atoms with E-state index in [9.17, 15) is 9.59 Å². The number of hydrogen-bond acceptors (Lipinski definition) is 5. The molecule has 0 saturated carbocycles. The number of methoxy groups -OCH3 is 1. The van der Waals surface area contributed by atoms with Crippen molar-refractivity contribution in [1.82, 2.24) is 5.43 Å². The summed E-state index contributed by atoms with van der Waals surface area (Å²) in [6.45, 7) is 2.68. The molecule has 0 aliphatic carbocycles. The summed E-state index contributed by atoms with van der Waals surface area (Å²) in [5.74, 6) is 0.830. The van der Waals surface area contributed by atoms with E-state index in [1.165, 1.54) is 18.2 Å². The third-order valence-electron chi connectivity index (χ3n) is 5.09. The monoisotopic (exact) mass is 522 g/mol. The Morgan fingerprint density at radius 2 is 1.68 bits per heavy atom. The lowest BCUT2D eigenvalue weighted by atomic mass is 10.1. The number of carbonyl (C=O) groups is 2. The smallest absolute Gasteiger partial charge is 0.282 e. The zero-order valence-electron chi connectivity index (χ0n) is 18.7. The van der Waals surface area contributed by atoms with Crippen LogP contribution in [0.3, 0.4) is 0 Å². The molecule has 3 aromatic rings. The number of nitrogens with one attached hydrogen (secondary N) is 1. The Labute approximate surface area is 206 Å². The minimum Gasteiger partial charge on any atom is -0.493 e. The van der Waals surface area contributed by atoms with E-state index in [4.69, 9.17) is 14.2 Å². The number of benzene rings is 3. The molecule has 2 amide bonds. The van der Waals surface area contributed by atoms with Crippen molar-refractivity contribution in [2.45, 2.75) is 6.92 Å². The van der Waals surface area contributed by atoms with Gasteiger partial charge in [-0.15, -0.1) is 0 Å². The Bertz CT molecular complexity index is 1230. The van der Waals surface area contributed by atoms with E-state index in [-0.39, 0.29) is 5.57 Å². The van der Waals surface area contributed by atoms with Crippen LogP contribution in [0.5, 0.6) is 17.2 Å². The van der Waals surface area contributed by atoms with Gasteiger partial charge in [0.1, 0.15) is 24.5 Å². The molecule has 0 unspecified atom stereocenters. The third kappa shape index (κ3) is 5.23. The molecule has 1 heterocycles. The van der Waals surface area contributed by atoms with Crippen molar-refractivity contribution in [3.05, 3.63) is 87.9 Å². The molecule has 7 nitrogen and oxygen atoms in total. The molecule has 1 saturated heterocycles. The van der Waals surface area contributed by atoms with Gasteiger partial charge in [-0.2, -0.15) is 0 Å². The highest BCUT2D eigenvalue weighted by molar-refractivity contribution is 9.10. The van der Waals surface area contributed by atoms with Gasteiger partial charge in [0.25, 0.3) is 11.8 Å². The number of halogens is 1. The standard InChI is InChI=1S/C26H23BrN2O5/c1-17-8-10-20(11-9-17)33-12-13-34-24-22(27)15-18(16-23(24)32-2)14-21-25(30)28-29(26(21)31)19-6-4-3-5-7-19/h3-11,14-16H,12-13H2,1-2H3,(H,28,30). The summed E-state index contributed by atoms with van der Waals surface area (Å²) in [6, 6.07) is 20.2. The highest BCUT2D eigenvalue weighted by Crippen LogP contribution is 2.37. The minimum atomic E-state index is -0.475. The maximum Gasteiger partial charge on any atom is 0.282 e. The van der Waals surface area contributed by atoms with E-state index in [0.29, 0.717) is 40.4 Å². The summed E-state index contributed by atoms with van der Waals surface area (Å²) < 4.78 is 17.7. The molecule has 0 radical (unpaired) electrons. The summed E-state index contributed by atoms with van der Waals surface area (Å²) in [5.41, 5.74) is 4.97.